The molecule has 2 fully saturated rings. The zero-order valence-electron chi connectivity index (χ0n) is 11.2. The number of hydrogen-bond acceptors (Lipinski definition) is 3. The second-order valence-electron chi connectivity index (χ2n) is 5.51. The van der Waals surface area contributed by atoms with Crippen LogP contribution in [-0.4, -0.2) is 43.2 Å². The number of amides is 1. The maximum absolute atomic E-state index is 13.2. The summed E-state index contributed by atoms with van der Waals surface area (Å²) in [6.07, 6.45) is 0. The molecular weight excluding hydrogens is 285 g/mol. The van der Waals surface area contributed by atoms with Gasteiger partial charge in [-0.05, 0) is 17.7 Å². The number of nitrogens with one attached hydrogen (secondary N) is 1. The summed E-state index contributed by atoms with van der Waals surface area (Å²) in [4.78, 5) is 13.8. The summed E-state index contributed by atoms with van der Waals surface area (Å²) in [5.74, 6) is -4.21. The highest BCUT2D eigenvalue weighted by Crippen LogP contribution is 2.19. The van der Waals surface area contributed by atoms with Crippen LogP contribution in [0.1, 0.15) is 5.56 Å². The number of fused-ring (bicyclic) bond motifs is 3. The van der Waals surface area contributed by atoms with E-state index in [1.807, 2.05) is 4.90 Å². The van der Waals surface area contributed by atoms with Gasteiger partial charge in [-0.3, -0.25) is 9.69 Å². The number of hydrogen-bond donors (Lipinski definition) is 1. The van der Waals surface area contributed by atoms with Gasteiger partial charge in [-0.2, -0.15) is 0 Å². The van der Waals surface area contributed by atoms with Gasteiger partial charge in [0.15, 0.2) is 17.5 Å². The van der Waals surface area contributed by atoms with E-state index in [2.05, 4.69) is 5.32 Å². The van der Waals surface area contributed by atoms with Crippen molar-refractivity contribution < 1.29 is 22.7 Å². The predicted octanol–water partition coefficient (Wildman–Crippen LogP) is 1.05. The van der Waals surface area contributed by atoms with Gasteiger partial charge in [-0.15, -0.1) is 0 Å². The number of rotatable bonds is 2. The number of carbonyl (C=O) groups excluding carboxylic acids is 1. The fraction of sp³-hybridized carbons (Fsp3) is 0.500. The first-order chi connectivity index (χ1) is 10.0. The van der Waals surface area contributed by atoms with Crippen LogP contribution in [0.15, 0.2) is 12.1 Å². The molecule has 2 heterocycles. The van der Waals surface area contributed by atoms with Crippen molar-refractivity contribution in [1.82, 2.24) is 10.2 Å². The molecule has 3 rings (SSSR count). The molecule has 2 bridgehead atoms. The third-order valence-electron chi connectivity index (χ3n) is 3.76. The predicted molar refractivity (Wildman–Crippen MR) is 67.8 cm³/mol. The Morgan fingerprint density at radius 3 is 2.62 bits per heavy atom. The van der Waals surface area contributed by atoms with Crippen LogP contribution in [-0.2, 0) is 16.1 Å². The van der Waals surface area contributed by atoms with Crippen molar-refractivity contribution in [2.45, 2.75) is 12.6 Å². The normalized spacial score (nSPS) is 26.3. The molecule has 0 aromatic heterocycles. The Hall–Kier alpha value is -1.60. The molecule has 1 aromatic rings. The van der Waals surface area contributed by atoms with Crippen LogP contribution < -0.4 is 5.32 Å². The Bertz CT molecular complexity index is 544. The molecule has 0 aliphatic carbocycles. The molecule has 4 nitrogen and oxygen atoms in total. The van der Waals surface area contributed by atoms with E-state index in [1.54, 1.807) is 0 Å². The largest absolute Gasteiger partial charge is 0.378 e. The molecule has 21 heavy (non-hydrogen) atoms. The highest BCUT2D eigenvalue weighted by molar-refractivity contribution is 5.79. The van der Waals surface area contributed by atoms with Crippen LogP contribution in [0, 0.1) is 23.4 Å². The summed E-state index contributed by atoms with van der Waals surface area (Å²) in [5, 5.41) is 2.87. The Morgan fingerprint density at radius 1 is 1.19 bits per heavy atom. The van der Waals surface area contributed by atoms with Gasteiger partial charge in [0.2, 0.25) is 5.91 Å². The standard InChI is InChI=1S/C14H15F3N2O2/c15-11-1-8(2-12(16)13(11)17)3-19-4-9-6-21-7-10(5-19)18-14(9)20/h1-2,9-10H,3-7H2,(H,18,20). The number of ether oxygens (including phenoxy) is 1. The Labute approximate surface area is 119 Å². The van der Waals surface area contributed by atoms with Gasteiger partial charge >= 0.3 is 0 Å². The molecule has 114 valence electrons. The van der Waals surface area contributed by atoms with Crippen molar-refractivity contribution in [2.24, 2.45) is 5.92 Å². The molecule has 2 aliphatic rings. The van der Waals surface area contributed by atoms with Crippen molar-refractivity contribution in [1.29, 1.82) is 0 Å². The molecule has 7 heteroatoms. The molecule has 0 radical (unpaired) electrons. The topological polar surface area (TPSA) is 41.6 Å². The number of nitrogens with zero attached hydrogens (tertiary/aromatic N) is 1. The molecule has 2 saturated heterocycles. The molecule has 2 atom stereocenters. The van der Waals surface area contributed by atoms with E-state index in [-0.39, 0.29) is 24.4 Å². The summed E-state index contributed by atoms with van der Waals surface area (Å²) < 4.78 is 44.9. The minimum absolute atomic E-state index is 0.0588. The van der Waals surface area contributed by atoms with Crippen LogP contribution in [0.25, 0.3) is 0 Å². The summed E-state index contributed by atoms with van der Waals surface area (Å²) in [6.45, 7) is 2.00. The van der Waals surface area contributed by atoms with Crippen molar-refractivity contribution in [3.63, 3.8) is 0 Å². The molecule has 1 amide bonds. The Morgan fingerprint density at radius 2 is 1.90 bits per heavy atom. The molecule has 1 aromatic carbocycles. The van der Waals surface area contributed by atoms with Crippen LogP contribution >= 0.6 is 0 Å². The fourth-order valence-corrected chi connectivity index (χ4v) is 2.81. The van der Waals surface area contributed by atoms with E-state index in [9.17, 15) is 18.0 Å². The highest BCUT2D eigenvalue weighted by atomic mass is 19.2. The first-order valence-electron chi connectivity index (χ1n) is 6.77. The lowest BCUT2D eigenvalue weighted by molar-refractivity contribution is -0.125. The molecule has 0 spiro atoms. The van der Waals surface area contributed by atoms with Crippen LogP contribution in [0.3, 0.4) is 0 Å². The van der Waals surface area contributed by atoms with Crippen LogP contribution in [0.2, 0.25) is 0 Å². The summed E-state index contributed by atoms with van der Waals surface area (Å²) in [6, 6.07) is 1.84. The molecule has 2 unspecified atom stereocenters. The maximum Gasteiger partial charge on any atom is 0.227 e. The number of benzene rings is 1. The zero-order chi connectivity index (χ0) is 15.0. The Kier molecular flexibility index (Phi) is 3.86. The quantitative estimate of drug-likeness (QED) is 0.830. The summed E-state index contributed by atoms with van der Waals surface area (Å²) in [5.41, 5.74) is 0.347. The lowest BCUT2D eigenvalue weighted by atomic mass is 10.1. The molecular formula is C14H15F3N2O2. The number of halogens is 3. The smallest absolute Gasteiger partial charge is 0.227 e. The fourth-order valence-electron chi connectivity index (χ4n) is 2.81. The Balaban J connectivity index is 1.77. The van der Waals surface area contributed by atoms with Crippen molar-refractivity contribution >= 4 is 5.91 Å². The minimum Gasteiger partial charge on any atom is -0.378 e. The summed E-state index contributed by atoms with van der Waals surface area (Å²) in [7, 11) is 0. The van der Waals surface area contributed by atoms with E-state index < -0.39 is 17.5 Å². The van der Waals surface area contributed by atoms with Gasteiger partial charge in [-0.1, -0.05) is 0 Å². The number of carbonyl (C=O) groups is 1. The SMILES string of the molecule is O=C1NC2COCC1CN(Cc1cc(F)c(F)c(F)c1)C2. The molecule has 1 N–H and O–H groups in total. The molecule has 0 saturated carbocycles. The minimum atomic E-state index is -1.46. The lowest BCUT2D eigenvalue weighted by Crippen LogP contribution is -2.41. The van der Waals surface area contributed by atoms with Gasteiger partial charge in [0, 0.05) is 19.6 Å². The van der Waals surface area contributed by atoms with Crippen LogP contribution in [0.4, 0.5) is 13.2 Å². The second kappa shape index (κ2) is 5.65. The van der Waals surface area contributed by atoms with Gasteiger partial charge in [0.25, 0.3) is 0 Å². The molecule has 2 aliphatic heterocycles. The summed E-state index contributed by atoms with van der Waals surface area (Å²) >= 11 is 0. The van der Waals surface area contributed by atoms with Gasteiger partial charge in [-0.25, -0.2) is 13.2 Å². The second-order valence-corrected chi connectivity index (χ2v) is 5.51. The van der Waals surface area contributed by atoms with Gasteiger partial charge < -0.3 is 10.1 Å². The van der Waals surface area contributed by atoms with Gasteiger partial charge in [0.1, 0.15) is 0 Å². The van der Waals surface area contributed by atoms with Crippen LogP contribution in [0.5, 0.6) is 0 Å². The highest BCUT2D eigenvalue weighted by Gasteiger charge is 2.33. The average Bonchev–Trinajstić information content (AvgIpc) is 2.65. The van der Waals surface area contributed by atoms with E-state index in [0.29, 0.717) is 31.9 Å². The average molecular weight is 300 g/mol. The van der Waals surface area contributed by atoms with Crippen molar-refractivity contribution in [3.05, 3.63) is 35.1 Å². The van der Waals surface area contributed by atoms with Crippen molar-refractivity contribution in [2.75, 3.05) is 26.3 Å². The van der Waals surface area contributed by atoms with Gasteiger partial charge in [0.05, 0.1) is 25.2 Å². The lowest BCUT2D eigenvalue weighted by Gasteiger charge is -2.27. The van der Waals surface area contributed by atoms with E-state index >= 15 is 0 Å². The van der Waals surface area contributed by atoms with Crippen molar-refractivity contribution in [3.8, 4) is 0 Å². The first kappa shape index (κ1) is 14.3. The zero-order valence-corrected chi connectivity index (χ0v) is 11.2. The third kappa shape index (κ3) is 3.03. The van der Waals surface area contributed by atoms with E-state index in [4.69, 9.17) is 4.74 Å². The monoisotopic (exact) mass is 300 g/mol. The third-order valence-corrected chi connectivity index (χ3v) is 3.76. The van der Waals surface area contributed by atoms with E-state index in [0.717, 1.165) is 12.1 Å². The maximum atomic E-state index is 13.2. The first-order valence-corrected chi connectivity index (χ1v) is 6.77. The van der Waals surface area contributed by atoms with E-state index in [1.165, 1.54) is 0 Å².